The largest absolute Gasteiger partial charge is 0.387 e. The van der Waals surface area contributed by atoms with Gasteiger partial charge in [0, 0.05) is 12.7 Å². The number of aliphatic hydroxyl groups excluding tert-OH is 1. The first-order chi connectivity index (χ1) is 10.9. The molecule has 23 heavy (non-hydrogen) atoms. The highest BCUT2D eigenvalue weighted by atomic mass is 16.3. The number of nitrogens with two attached hydrogens (primary N) is 1. The fourth-order valence-electron chi connectivity index (χ4n) is 2.29. The molecule has 0 saturated carbocycles. The van der Waals surface area contributed by atoms with Gasteiger partial charge in [-0.1, -0.05) is 29.8 Å². The first-order valence-electron chi connectivity index (χ1n) is 7.44. The number of aromatic nitrogens is 1. The van der Waals surface area contributed by atoms with Gasteiger partial charge in [0.2, 0.25) is 5.91 Å². The quantitative estimate of drug-likeness (QED) is 0.755. The highest BCUT2D eigenvalue weighted by Crippen LogP contribution is 2.16. The molecule has 0 aliphatic carbocycles. The first kappa shape index (κ1) is 16.8. The predicted molar refractivity (Wildman–Crippen MR) is 87.0 cm³/mol. The zero-order valence-corrected chi connectivity index (χ0v) is 13.2. The molecule has 1 heterocycles. The number of carbonyl (C=O) groups excluding carboxylic acids is 2. The predicted octanol–water partition coefficient (Wildman–Crippen LogP) is 1.62. The zero-order chi connectivity index (χ0) is 17.0. The van der Waals surface area contributed by atoms with E-state index < -0.39 is 12.0 Å². The monoisotopic (exact) mass is 315 g/mol. The van der Waals surface area contributed by atoms with Crippen LogP contribution in [-0.4, -0.2) is 39.9 Å². The number of hydrogen-bond acceptors (Lipinski definition) is 3. The molecule has 1 unspecified atom stereocenters. The molecule has 4 N–H and O–H groups in total. The van der Waals surface area contributed by atoms with Crippen molar-refractivity contribution in [1.82, 2.24) is 9.88 Å². The lowest BCUT2D eigenvalue weighted by Crippen LogP contribution is -2.34. The Bertz CT molecular complexity index is 691. The molecule has 0 spiro atoms. The Kier molecular flexibility index (Phi) is 5.18. The Hall–Kier alpha value is -2.60. The van der Waals surface area contributed by atoms with Crippen LogP contribution in [0.1, 0.15) is 45.0 Å². The van der Waals surface area contributed by atoms with Gasteiger partial charge >= 0.3 is 0 Å². The van der Waals surface area contributed by atoms with Crippen LogP contribution in [0.2, 0.25) is 0 Å². The molecule has 0 radical (unpaired) electrons. The SMILES string of the molecule is CCN(CC(O)c1ccc(C)cc1)C(=O)c1cc(C(N)=O)c[nH]1. The minimum Gasteiger partial charge on any atom is -0.387 e. The molecule has 0 saturated heterocycles. The maximum Gasteiger partial charge on any atom is 0.270 e. The molecule has 0 aliphatic heterocycles. The molecular weight excluding hydrogens is 294 g/mol. The fraction of sp³-hybridized carbons (Fsp3) is 0.294. The zero-order valence-electron chi connectivity index (χ0n) is 13.2. The molecule has 122 valence electrons. The lowest BCUT2D eigenvalue weighted by atomic mass is 10.1. The summed E-state index contributed by atoms with van der Waals surface area (Å²) in [6.45, 7) is 4.41. The van der Waals surface area contributed by atoms with E-state index in [2.05, 4.69) is 4.98 Å². The van der Waals surface area contributed by atoms with Gasteiger partial charge in [-0.05, 0) is 25.5 Å². The Morgan fingerprint density at radius 1 is 1.30 bits per heavy atom. The molecular formula is C17H21N3O3. The third kappa shape index (κ3) is 3.98. The van der Waals surface area contributed by atoms with Gasteiger partial charge in [0.05, 0.1) is 18.2 Å². The number of nitrogens with one attached hydrogen (secondary N) is 1. The van der Waals surface area contributed by atoms with Crippen molar-refractivity contribution in [2.45, 2.75) is 20.0 Å². The summed E-state index contributed by atoms with van der Waals surface area (Å²) in [6.07, 6.45) is 0.630. The average molecular weight is 315 g/mol. The summed E-state index contributed by atoms with van der Waals surface area (Å²) >= 11 is 0. The summed E-state index contributed by atoms with van der Waals surface area (Å²) < 4.78 is 0. The average Bonchev–Trinajstić information content (AvgIpc) is 3.02. The maximum absolute atomic E-state index is 12.5. The van der Waals surface area contributed by atoms with E-state index in [-0.39, 0.29) is 23.7 Å². The lowest BCUT2D eigenvalue weighted by molar-refractivity contribution is 0.0630. The van der Waals surface area contributed by atoms with Gasteiger partial charge in [-0.15, -0.1) is 0 Å². The number of aryl methyl sites for hydroxylation is 1. The van der Waals surface area contributed by atoms with Gasteiger partial charge in [-0.3, -0.25) is 9.59 Å². The summed E-state index contributed by atoms with van der Waals surface area (Å²) in [7, 11) is 0. The van der Waals surface area contributed by atoms with Crippen LogP contribution in [0, 0.1) is 6.92 Å². The summed E-state index contributed by atoms with van der Waals surface area (Å²) in [5, 5.41) is 10.3. The first-order valence-corrected chi connectivity index (χ1v) is 7.44. The number of likely N-dealkylation sites (N-methyl/N-ethyl adjacent to an activating group) is 1. The molecule has 0 bridgehead atoms. The van der Waals surface area contributed by atoms with Gasteiger partial charge in [0.15, 0.2) is 0 Å². The Morgan fingerprint density at radius 3 is 2.48 bits per heavy atom. The van der Waals surface area contributed by atoms with Gasteiger partial charge in [-0.25, -0.2) is 0 Å². The van der Waals surface area contributed by atoms with Crippen LogP contribution in [0.4, 0.5) is 0 Å². The highest BCUT2D eigenvalue weighted by molar-refractivity contribution is 5.98. The van der Waals surface area contributed by atoms with E-state index in [0.29, 0.717) is 6.54 Å². The number of primary amides is 1. The number of hydrogen-bond donors (Lipinski definition) is 3. The minimum absolute atomic E-state index is 0.170. The van der Waals surface area contributed by atoms with Crippen LogP contribution < -0.4 is 5.73 Å². The standard InChI is InChI=1S/C17H21N3O3/c1-3-20(10-15(21)12-6-4-11(2)5-7-12)17(23)14-8-13(9-19-14)16(18)22/h4-9,15,19,21H,3,10H2,1-2H3,(H2,18,22). The maximum atomic E-state index is 12.5. The van der Waals surface area contributed by atoms with E-state index in [0.717, 1.165) is 11.1 Å². The van der Waals surface area contributed by atoms with Crippen molar-refractivity contribution in [3.05, 3.63) is 58.9 Å². The molecule has 1 atom stereocenters. The molecule has 2 rings (SSSR count). The van der Waals surface area contributed by atoms with Gasteiger partial charge in [0.1, 0.15) is 5.69 Å². The third-order valence-corrected chi connectivity index (χ3v) is 3.72. The molecule has 2 amide bonds. The van der Waals surface area contributed by atoms with Crippen molar-refractivity contribution in [1.29, 1.82) is 0 Å². The molecule has 0 aliphatic rings. The molecule has 1 aromatic heterocycles. The second-order valence-electron chi connectivity index (χ2n) is 5.44. The van der Waals surface area contributed by atoms with Gasteiger partial charge in [-0.2, -0.15) is 0 Å². The molecule has 1 aromatic carbocycles. The van der Waals surface area contributed by atoms with Crippen LogP contribution in [0.5, 0.6) is 0 Å². The Balaban J connectivity index is 2.10. The van der Waals surface area contributed by atoms with Crippen LogP contribution in [0.3, 0.4) is 0 Å². The van der Waals surface area contributed by atoms with E-state index in [4.69, 9.17) is 5.73 Å². The van der Waals surface area contributed by atoms with Crippen LogP contribution in [-0.2, 0) is 0 Å². The van der Waals surface area contributed by atoms with Gasteiger partial charge in [0.25, 0.3) is 5.91 Å². The smallest absolute Gasteiger partial charge is 0.270 e. The molecule has 6 nitrogen and oxygen atoms in total. The topological polar surface area (TPSA) is 99.4 Å². The van der Waals surface area contributed by atoms with Crippen molar-refractivity contribution in [3.8, 4) is 0 Å². The van der Waals surface area contributed by atoms with Crippen LogP contribution >= 0.6 is 0 Å². The Morgan fingerprint density at radius 2 is 1.96 bits per heavy atom. The number of carbonyl (C=O) groups is 2. The van der Waals surface area contributed by atoms with Crippen molar-refractivity contribution < 1.29 is 14.7 Å². The minimum atomic E-state index is -0.773. The second-order valence-corrected chi connectivity index (χ2v) is 5.44. The number of amides is 2. The van der Waals surface area contributed by atoms with Gasteiger partial charge < -0.3 is 20.7 Å². The number of aliphatic hydroxyl groups is 1. The van der Waals surface area contributed by atoms with E-state index in [1.807, 2.05) is 38.1 Å². The second kappa shape index (κ2) is 7.11. The molecule has 6 heteroatoms. The van der Waals surface area contributed by atoms with E-state index in [9.17, 15) is 14.7 Å². The summed E-state index contributed by atoms with van der Waals surface area (Å²) in [6, 6.07) is 8.95. The summed E-state index contributed by atoms with van der Waals surface area (Å²) in [5.74, 6) is -0.880. The number of aromatic amines is 1. The number of H-pyrrole nitrogens is 1. The summed E-state index contributed by atoms with van der Waals surface area (Å²) in [5.41, 5.74) is 7.57. The van der Waals surface area contributed by atoms with Crippen LogP contribution in [0.15, 0.2) is 36.5 Å². The van der Waals surface area contributed by atoms with E-state index in [1.54, 1.807) is 0 Å². The number of nitrogens with zero attached hydrogens (tertiary/aromatic N) is 1. The van der Waals surface area contributed by atoms with Crippen LogP contribution in [0.25, 0.3) is 0 Å². The highest BCUT2D eigenvalue weighted by Gasteiger charge is 2.20. The normalized spacial score (nSPS) is 12.0. The van der Waals surface area contributed by atoms with Crippen molar-refractivity contribution >= 4 is 11.8 Å². The van der Waals surface area contributed by atoms with Crippen molar-refractivity contribution in [2.24, 2.45) is 5.73 Å². The molecule has 0 fully saturated rings. The number of benzene rings is 1. The fourth-order valence-corrected chi connectivity index (χ4v) is 2.29. The number of rotatable bonds is 6. The van der Waals surface area contributed by atoms with Crippen molar-refractivity contribution in [2.75, 3.05) is 13.1 Å². The lowest BCUT2D eigenvalue weighted by Gasteiger charge is -2.23. The van der Waals surface area contributed by atoms with E-state index >= 15 is 0 Å². The van der Waals surface area contributed by atoms with E-state index in [1.165, 1.54) is 17.2 Å². The molecule has 2 aromatic rings. The Labute approximate surface area is 134 Å². The summed E-state index contributed by atoms with van der Waals surface area (Å²) in [4.78, 5) is 27.8. The third-order valence-electron chi connectivity index (χ3n) is 3.72. The van der Waals surface area contributed by atoms with Crippen molar-refractivity contribution in [3.63, 3.8) is 0 Å².